The average Bonchev–Trinajstić information content (AvgIpc) is 3.49. The molecule has 2 saturated carbocycles. The molecule has 5 rings (SSSR count). The zero-order valence-corrected chi connectivity index (χ0v) is 22.4. The van der Waals surface area contributed by atoms with Crippen molar-refractivity contribution in [3.8, 4) is 0 Å². The smallest absolute Gasteiger partial charge is 0.349 e. The van der Waals surface area contributed by atoms with Gasteiger partial charge < -0.3 is 10.6 Å². The van der Waals surface area contributed by atoms with E-state index in [2.05, 4.69) is 29.5 Å². The Hall–Kier alpha value is -3.23. The minimum atomic E-state index is -4.42. The fourth-order valence-corrected chi connectivity index (χ4v) is 5.66. The molecule has 0 bridgehead atoms. The normalized spacial score (nSPS) is 19.4. The highest BCUT2D eigenvalue weighted by atomic mass is 32.1. The highest BCUT2D eigenvalue weighted by Gasteiger charge is 2.40. The lowest BCUT2D eigenvalue weighted by Gasteiger charge is -2.33. The van der Waals surface area contributed by atoms with Gasteiger partial charge in [0.1, 0.15) is 0 Å². The van der Waals surface area contributed by atoms with Crippen LogP contribution in [-0.4, -0.2) is 47.3 Å². The van der Waals surface area contributed by atoms with Gasteiger partial charge in [-0.25, -0.2) is 18.3 Å². The fourth-order valence-electron chi connectivity index (χ4n) is 5.11. The van der Waals surface area contributed by atoms with E-state index in [4.69, 9.17) is 0 Å². The minimum absolute atomic E-state index is 0.0828. The number of nitrogens with one attached hydrogen (secondary N) is 2. The Bertz CT molecular complexity index is 1380. The van der Waals surface area contributed by atoms with Crippen LogP contribution in [0.3, 0.4) is 0 Å². The Kier molecular flexibility index (Phi) is 7.77. The van der Waals surface area contributed by atoms with Crippen LogP contribution in [0.4, 0.5) is 22.0 Å². The molecule has 2 fully saturated rings. The number of fused-ring (bicyclic) bond motifs is 1. The van der Waals surface area contributed by atoms with Gasteiger partial charge in [-0.05, 0) is 56.1 Å². The molecule has 3 aromatic rings. The number of aromatic nitrogens is 5. The Labute approximate surface area is 230 Å². The van der Waals surface area contributed by atoms with Gasteiger partial charge in [0, 0.05) is 19.3 Å². The van der Waals surface area contributed by atoms with Gasteiger partial charge in [-0.3, -0.25) is 9.59 Å². The fraction of sp³-hybridized carbons (Fsp3) is 0.600. The number of alkyl halides is 5. The molecule has 3 heterocycles. The van der Waals surface area contributed by atoms with E-state index in [9.17, 15) is 31.5 Å². The first-order chi connectivity index (χ1) is 18.9. The predicted octanol–water partition coefficient (Wildman–Crippen LogP) is 5.10. The largest absolute Gasteiger partial charge is 0.389 e. The van der Waals surface area contributed by atoms with Gasteiger partial charge >= 0.3 is 6.18 Å². The molecule has 0 aromatic carbocycles. The van der Waals surface area contributed by atoms with Crippen LogP contribution < -0.4 is 10.6 Å². The first kappa shape index (κ1) is 28.3. The van der Waals surface area contributed by atoms with E-state index in [1.165, 1.54) is 10.7 Å². The number of aryl methyl sites for hydroxylation is 1. The van der Waals surface area contributed by atoms with Gasteiger partial charge in [-0.15, -0.1) is 0 Å². The molecule has 2 atom stereocenters. The minimum Gasteiger partial charge on any atom is -0.349 e. The molecule has 0 spiro atoms. The van der Waals surface area contributed by atoms with E-state index in [1.54, 1.807) is 19.2 Å². The van der Waals surface area contributed by atoms with Gasteiger partial charge in [-0.1, -0.05) is 0 Å². The third-order valence-electron chi connectivity index (χ3n) is 7.47. The Morgan fingerprint density at radius 1 is 1.10 bits per heavy atom. The van der Waals surface area contributed by atoms with E-state index in [-0.39, 0.29) is 43.2 Å². The van der Waals surface area contributed by atoms with Crippen molar-refractivity contribution in [3.05, 3.63) is 41.1 Å². The van der Waals surface area contributed by atoms with Crippen LogP contribution in [0.5, 0.6) is 0 Å². The SMILES string of the molecule is Cc1nsnc1C(=O)N[C@H](c1cn2ncc([C@H](NC(=O)CCC(F)(F)F)C3CC3)cc2n1)C1CCC(F)(F)CC1. The maximum Gasteiger partial charge on any atom is 0.389 e. The standard InChI is InChI=1S/C25H28F5N7O2S/c1-13-20(36-40-35-13)23(39)34-22(15-4-7-24(26,27)8-5-15)17-12-37-18(32-17)10-16(11-31-37)21(14-2-3-14)33-19(38)6-9-25(28,29)30/h10-12,14-15,21-22H,2-9H2,1H3,(H,33,38)(H,34,39)/t21-,22+/m1/s1. The number of hydrogen-bond acceptors (Lipinski definition) is 7. The van der Waals surface area contributed by atoms with Gasteiger partial charge in [0.05, 0.1) is 54.0 Å². The number of hydrogen-bond donors (Lipinski definition) is 2. The van der Waals surface area contributed by atoms with Crippen molar-refractivity contribution in [2.45, 2.75) is 82.5 Å². The topological polar surface area (TPSA) is 114 Å². The lowest BCUT2D eigenvalue weighted by molar-refractivity contribution is -0.144. The summed E-state index contributed by atoms with van der Waals surface area (Å²) in [6.07, 6.45) is -1.71. The highest BCUT2D eigenvalue weighted by Crippen LogP contribution is 2.43. The van der Waals surface area contributed by atoms with Gasteiger partial charge in [0.15, 0.2) is 11.3 Å². The summed E-state index contributed by atoms with van der Waals surface area (Å²) in [5.74, 6) is -4.14. The Balaban J connectivity index is 1.39. The zero-order valence-electron chi connectivity index (χ0n) is 21.5. The summed E-state index contributed by atoms with van der Waals surface area (Å²) in [6.45, 7) is 1.66. The van der Waals surface area contributed by atoms with E-state index in [0.29, 0.717) is 22.6 Å². The summed E-state index contributed by atoms with van der Waals surface area (Å²) in [5, 5.41) is 10.0. The summed E-state index contributed by atoms with van der Waals surface area (Å²) >= 11 is 0.901. The molecule has 0 unspecified atom stereocenters. The molecule has 2 aliphatic rings. The van der Waals surface area contributed by atoms with Crippen molar-refractivity contribution in [1.29, 1.82) is 0 Å². The summed E-state index contributed by atoms with van der Waals surface area (Å²) in [5.41, 5.74) is 2.06. The second kappa shape index (κ2) is 11.0. The van der Waals surface area contributed by atoms with Crippen LogP contribution in [0, 0.1) is 18.8 Å². The Morgan fingerprint density at radius 2 is 1.80 bits per heavy atom. The Morgan fingerprint density at radius 3 is 2.42 bits per heavy atom. The molecule has 15 heteroatoms. The molecule has 2 N–H and O–H groups in total. The summed E-state index contributed by atoms with van der Waals surface area (Å²) < 4.78 is 75.1. The first-order valence-corrected chi connectivity index (χ1v) is 13.8. The molecule has 216 valence electrons. The van der Waals surface area contributed by atoms with Gasteiger partial charge in [0.25, 0.3) is 5.91 Å². The van der Waals surface area contributed by atoms with E-state index >= 15 is 0 Å². The van der Waals surface area contributed by atoms with Crippen LogP contribution in [0.2, 0.25) is 0 Å². The lowest BCUT2D eigenvalue weighted by Crippen LogP contribution is -2.37. The van der Waals surface area contributed by atoms with Crippen molar-refractivity contribution >= 4 is 29.2 Å². The van der Waals surface area contributed by atoms with E-state index in [1.807, 2.05) is 0 Å². The number of rotatable bonds is 9. The molecule has 40 heavy (non-hydrogen) atoms. The second-order valence-electron chi connectivity index (χ2n) is 10.6. The molecular weight excluding hydrogens is 557 g/mol. The van der Waals surface area contributed by atoms with E-state index < -0.39 is 48.8 Å². The average molecular weight is 586 g/mol. The molecule has 0 saturated heterocycles. The van der Waals surface area contributed by atoms with Gasteiger partial charge in [-0.2, -0.15) is 27.0 Å². The number of carbonyl (C=O) groups is 2. The monoisotopic (exact) mass is 585 g/mol. The highest BCUT2D eigenvalue weighted by molar-refractivity contribution is 6.99. The molecule has 0 radical (unpaired) electrons. The van der Waals surface area contributed by atoms with Crippen molar-refractivity contribution in [1.82, 2.24) is 34.0 Å². The van der Waals surface area contributed by atoms with Gasteiger partial charge in [0.2, 0.25) is 11.8 Å². The summed E-state index contributed by atoms with van der Waals surface area (Å²) in [6, 6.07) is 0.511. The van der Waals surface area contributed by atoms with Crippen molar-refractivity contribution in [3.63, 3.8) is 0 Å². The third-order valence-corrected chi connectivity index (χ3v) is 8.09. The van der Waals surface area contributed by atoms with Crippen LogP contribution >= 0.6 is 11.7 Å². The summed E-state index contributed by atoms with van der Waals surface area (Å²) in [7, 11) is 0. The molecule has 9 nitrogen and oxygen atoms in total. The molecule has 0 aliphatic heterocycles. The zero-order chi connectivity index (χ0) is 28.7. The number of imidazole rings is 1. The molecule has 2 aliphatic carbocycles. The maximum absolute atomic E-state index is 13.9. The second-order valence-corrected chi connectivity index (χ2v) is 11.1. The quantitative estimate of drug-likeness (QED) is 0.338. The van der Waals surface area contributed by atoms with Crippen LogP contribution in [0.15, 0.2) is 18.5 Å². The molecule has 3 aromatic heterocycles. The maximum atomic E-state index is 13.9. The van der Waals surface area contributed by atoms with Crippen LogP contribution in [0.25, 0.3) is 5.65 Å². The number of halogens is 5. The molecule has 2 amide bonds. The van der Waals surface area contributed by atoms with E-state index in [0.717, 1.165) is 24.6 Å². The first-order valence-electron chi connectivity index (χ1n) is 13.1. The van der Waals surface area contributed by atoms with Crippen LogP contribution in [0.1, 0.15) is 90.9 Å². The number of amides is 2. The van der Waals surface area contributed by atoms with Crippen LogP contribution in [-0.2, 0) is 4.79 Å². The molecular formula is C25H28F5N7O2S. The summed E-state index contributed by atoms with van der Waals surface area (Å²) in [4.78, 5) is 29.9. The predicted molar refractivity (Wildman–Crippen MR) is 134 cm³/mol. The van der Waals surface area contributed by atoms with Crippen molar-refractivity contribution < 1.29 is 31.5 Å². The number of carbonyl (C=O) groups excluding carboxylic acids is 2. The van der Waals surface area contributed by atoms with Crippen molar-refractivity contribution in [2.75, 3.05) is 0 Å². The lowest BCUT2D eigenvalue weighted by atomic mass is 9.81. The number of nitrogens with zero attached hydrogens (tertiary/aromatic N) is 5. The van der Waals surface area contributed by atoms with Crippen molar-refractivity contribution in [2.24, 2.45) is 11.8 Å². The third kappa shape index (κ3) is 6.73.